The van der Waals surface area contributed by atoms with E-state index in [0.29, 0.717) is 12.5 Å². The van der Waals surface area contributed by atoms with E-state index in [1.807, 2.05) is 6.92 Å². The largest absolute Gasteiger partial charge is 0.357 e. The van der Waals surface area contributed by atoms with Crippen molar-refractivity contribution in [2.24, 2.45) is 4.99 Å². The van der Waals surface area contributed by atoms with E-state index in [4.69, 9.17) is 0 Å². The molecule has 0 aromatic heterocycles. The van der Waals surface area contributed by atoms with Crippen LogP contribution in [0.25, 0.3) is 0 Å². The van der Waals surface area contributed by atoms with Gasteiger partial charge in [-0.1, -0.05) is 26.7 Å². The van der Waals surface area contributed by atoms with Crippen LogP contribution in [0.15, 0.2) is 4.99 Å². The van der Waals surface area contributed by atoms with Crippen LogP contribution >= 0.6 is 24.0 Å². The summed E-state index contributed by atoms with van der Waals surface area (Å²) in [6, 6.07) is 0. The van der Waals surface area contributed by atoms with Gasteiger partial charge in [0.05, 0.1) is 5.75 Å². The van der Waals surface area contributed by atoms with Crippen LogP contribution in [0.2, 0.25) is 0 Å². The van der Waals surface area contributed by atoms with Crippen molar-refractivity contribution in [2.45, 2.75) is 40.0 Å². The molecule has 0 spiro atoms. The second kappa shape index (κ2) is 13.0. The summed E-state index contributed by atoms with van der Waals surface area (Å²) in [4.78, 5) is 4.40. The van der Waals surface area contributed by atoms with Crippen LogP contribution in [0.4, 0.5) is 0 Å². The highest BCUT2D eigenvalue weighted by Gasteiger charge is 2.06. The zero-order chi connectivity index (χ0) is 13.9. The minimum Gasteiger partial charge on any atom is -0.357 e. The number of hydrogen-bond acceptors (Lipinski definition) is 3. The minimum absolute atomic E-state index is 0. The summed E-state index contributed by atoms with van der Waals surface area (Å²) < 4.78 is 22.7. The molecule has 0 heterocycles. The first-order valence-corrected chi connectivity index (χ1v) is 8.60. The number of guanidine groups is 1. The molecule has 0 amide bonds. The molecular formula is C12H28IN3O2S. The zero-order valence-electron chi connectivity index (χ0n) is 12.2. The predicted molar refractivity (Wildman–Crippen MR) is 93.2 cm³/mol. The van der Waals surface area contributed by atoms with E-state index in [1.54, 1.807) is 6.92 Å². The third-order valence-electron chi connectivity index (χ3n) is 2.52. The second-order valence-electron chi connectivity index (χ2n) is 4.13. The van der Waals surface area contributed by atoms with Crippen molar-refractivity contribution >= 4 is 39.8 Å². The molecule has 0 aliphatic rings. The molecule has 116 valence electrons. The van der Waals surface area contributed by atoms with Crippen LogP contribution in [0.1, 0.15) is 40.0 Å². The van der Waals surface area contributed by atoms with Gasteiger partial charge in [0.25, 0.3) is 0 Å². The maximum absolute atomic E-state index is 11.3. The van der Waals surface area contributed by atoms with Crippen molar-refractivity contribution in [3.05, 3.63) is 0 Å². The number of sulfone groups is 1. The number of nitrogens with one attached hydrogen (secondary N) is 2. The smallest absolute Gasteiger partial charge is 0.191 e. The van der Waals surface area contributed by atoms with Gasteiger partial charge in [0.15, 0.2) is 15.8 Å². The molecule has 0 bridgehead atoms. The van der Waals surface area contributed by atoms with Gasteiger partial charge in [-0.25, -0.2) is 8.42 Å². The lowest BCUT2D eigenvalue weighted by atomic mass is 10.2. The van der Waals surface area contributed by atoms with Crippen LogP contribution in [0.5, 0.6) is 0 Å². The van der Waals surface area contributed by atoms with Crippen LogP contribution < -0.4 is 10.6 Å². The van der Waals surface area contributed by atoms with Gasteiger partial charge in [0.1, 0.15) is 0 Å². The van der Waals surface area contributed by atoms with E-state index in [9.17, 15) is 8.42 Å². The standard InChI is InChI=1S/C12H27N3O2S.HI/c1-4-7-8-9-14-12(13-5-2)15-10-11-18(16,17)6-3;/h4-11H2,1-3H3,(H2,13,14,15);1H. The minimum atomic E-state index is -2.90. The molecule has 0 aromatic carbocycles. The van der Waals surface area contributed by atoms with Crippen molar-refractivity contribution in [1.29, 1.82) is 0 Å². The molecule has 19 heavy (non-hydrogen) atoms. The fourth-order valence-corrected chi connectivity index (χ4v) is 2.07. The van der Waals surface area contributed by atoms with Gasteiger partial charge in [-0.15, -0.1) is 24.0 Å². The lowest BCUT2D eigenvalue weighted by molar-refractivity contribution is 0.595. The molecular weight excluding hydrogens is 377 g/mol. The average Bonchev–Trinajstić information content (AvgIpc) is 2.34. The van der Waals surface area contributed by atoms with E-state index < -0.39 is 9.84 Å². The first-order chi connectivity index (χ1) is 8.55. The summed E-state index contributed by atoms with van der Waals surface area (Å²) in [7, 11) is -2.90. The third kappa shape index (κ3) is 12.7. The van der Waals surface area contributed by atoms with Gasteiger partial charge >= 0.3 is 0 Å². The summed E-state index contributed by atoms with van der Waals surface area (Å²) in [5, 5.41) is 6.16. The van der Waals surface area contributed by atoms with Gasteiger partial charge < -0.3 is 10.6 Å². The molecule has 0 saturated heterocycles. The van der Waals surface area contributed by atoms with E-state index in [0.717, 1.165) is 19.5 Å². The zero-order valence-corrected chi connectivity index (χ0v) is 15.4. The summed E-state index contributed by atoms with van der Waals surface area (Å²) in [6.45, 7) is 7.79. The fraction of sp³-hybridized carbons (Fsp3) is 0.917. The SMILES string of the molecule is CCCCCN=C(NCC)NCCS(=O)(=O)CC.I. The Hall–Kier alpha value is -0.0500. The van der Waals surface area contributed by atoms with Crippen molar-refractivity contribution < 1.29 is 8.42 Å². The molecule has 0 unspecified atom stereocenters. The van der Waals surface area contributed by atoms with Gasteiger partial charge in [-0.3, -0.25) is 4.99 Å². The maximum atomic E-state index is 11.3. The molecule has 0 radical (unpaired) electrons. The summed E-state index contributed by atoms with van der Waals surface area (Å²) in [5.74, 6) is 1.06. The van der Waals surface area contributed by atoms with Crippen molar-refractivity contribution in [3.63, 3.8) is 0 Å². The van der Waals surface area contributed by atoms with Crippen LogP contribution in [-0.4, -0.2) is 45.5 Å². The Morgan fingerprint density at radius 3 is 2.32 bits per heavy atom. The number of rotatable bonds is 9. The second-order valence-corrected chi connectivity index (χ2v) is 6.60. The van der Waals surface area contributed by atoms with Crippen molar-refractivity contribution in [1.82, 2.24) is 10.6 Å². The van der Waals surface area contributed by atoms with E-state index in [2.05, 4.69) is 22.5 Å². The van der Waals surface area contributed by atoms with E-state index in [1.165, 1.54) is 12.8 Å². The Kier molecular flexibility index (Phi) is 14.5. The molecule has 0 aliphatic carbocycles. The monoisotopic (exact) mass is 405 g/mol. The molecule has 0 aliphatic heterocycles. The molecule has 2 N–H and O–H groups in total. The lowest BCUT2D eigenvalue weighted by Gasteiger charge is -2.11. The maximum Gasteiger partial charge on any atom is 0.191 e. The molecule has 0 fully saturated rings. The Balaban J connectivity index is 0. The van der Waals surface area contributed by atoms with Gasteiger partial charge in [0.2, 0.25) is 0 Å². The highest BCUT2D eigenvalue weighted by molar-refractivity contribution is 14.0. The number of aliphatic imine (C=N–C) groups is 1. The van der Waals surface area contributed by atoms with Crippen molar-refractivity contribution in [2.75, 3.05) is 31.1 Å². The summed E-state index contributed by atoms with van der Waals surface area (Å²) in [5.41, 5.74) is 0. The third-order valence-corrected chi connectivity index (χ3v) is 4.23. The van der Waals surface area contributed by atoms with Gasteiger partial charge in [0, 0.05) is 25.4 Å². The first kappa shape index (κ1) is 21.3. The Labute approximate surface area is 135 Å². The molecule has 0 saturated carbocycles. The van der Waals surface area contributed by atoms with E-state index in [-0.39, 0.29) is 35.5 Å². The topological polar surface area (TPSA) is 70.6 Å². The lowest BCUT2D eigenvalue weighted by Crippen LogP contribution is -2.39. The first-order valence-electron chi connectivity index (χ1n) is 6.78. The van der Waals surface area contributed by atoms with Crippen LogP contribution in [0.3, 0.4) is 0 Å². The number of unbranched alkanes of at least 4 members (excludes halogenated alkanes) is 2. The highest BCUT2D eigenvalue weighted by atomic mass is 127. The van der Waals surface area contributed by atoms with Crippen molar-refractivity contribution in [3.8, 4) is 0 Å². The molecule has 0 aromatic rings. The van der Waals surface area contributed by atoms with Crippen LogP contribution in [0, 0.1) is 0 Å². The molecule has 7 heteroatoms. The number of nitrogens with zero attached hydrogens (tertiary/aromatic N) is 1. The summed E-state index contributed by atoms with van der Waals surface area (Å²) >= 11 is 0. The Morgan fingerprint density at radius 1 is 1.11 bits per heavy atom. The molecule has 0 atom stereocenters. The number of hydrogen-bond donors (Lipinski definition) is 2. The quantitative estimate of drug-likeness (QED) is 0.266. The van der Waals surface area contributed by atoms with Gasteiger partial charge in [-0.2, -0.15) is 0 Å². The predicted octanol–water partition coefficient (Wildman–Crippen LogP) is 1.78. The number of halogens is 1. The Bertz CT molecular complexity index is 332. The summed E-state index contributed by atoms with van der Waals surface area (Å²) in [6.07, 6.45) is 3.42. The Morgan fingerprint density at radius 2 is 1.79 bits per heavy atom. The van der Waals surface area contributed by atoms with E-state index >= 15 is 0 Å². The molecule has 0 rings (SSSR count). The average molecular weight is 405 g/mol. The molecule has 5 nitrogen and oxygen atoms in total. The highest BCUT2D eigenvalue weighted by Crippen LogP contribution is 1.93. The van der Waals surface area contributed by atoms with Crippen LogP contribution in [-0.2, 0) is 9.84 Å². The fourth-order valence-electron chi connectivity index (χ4n) is 1.36. The normalized spacial score (nSPS) is 11.8. The van der Waals surface area contributed by atoms with Gasteiger partial charge in [-0.05, 0) is 13.3 Å².